The number of hydrogen-bond acceptors (Lipinski definition) is 3. The third-order valence-electron chi connectivity index (χ3n) is 2.87. The van der Waals surface area contributed by atoms with Crippen LogP contribution < -0.4 is 0 Å². The van der Waals surface area contributed by atoms with Gasteiger partial charge >= 0.3 is 5.97 Å². The maximum Gasteiger partial charge on any atom is 0.355 e. The summed E-state index contributed by atoms with van der Waals surface area (Å²) in [7, 11) is 0. The number of carbonyl (C=O) groups excluding carboxylic acids is 2. The summed E-state index contributed by atoms with van der Waals surface area (Å²) in [5.74, 6) is -0.800. The van der Waals surface area contributed by atoms with Gasteiger partial charge in [-0.05, 0) is 40.7 Å². The van der Waals surface area contributed by atoms with Crippen molar-refractivity contribution in [2.75, 3.05) is 0 Å². The van der Waals surface area contributed by atoms with Gasteiger partial charge in [0.2, 0.25) is 0 Å². The van der Waals surface area contributed by atoms with E-state index in [1.165, 1.54) is 12.3 Å². The van der Waals surface area contributed by atoms with Crippen LogP contribution in [0.1, 0.15) is 45.1 Å². The molecule has 1 heterocycles. The zero-order valence-electron chi connectivity index (χ0n) is 12.4. The fourth-order valence-corrected chi connectivity index (χ4v) is 2.24. The van der Waals surface area contributed by atoms with Gasteiger partial charge in [-0.25, -0.2) is 4.79 Å². The molecule has 0 spiro atoms. The summed E-state index contributed by atoms with van der Waals surface area (Å²) in [5.41, 5.74) is 0.232. The first kappa shape index (κ1) is 16.6. The third-order valence-corrected chi connectivity index (χ3v) is 3.08. The minimum atomic E-state index is -0.839. The SMILES string of the molecule is CC(C)N(C(=O)[C@H](C)OC(=O)c1cc(Cl)c[nH]1)C(C)C. The van der Waals surface area contributed by atoms with E-state index in [0.29, 0.717) is 5.02 Å². The number of rotatable bonds is 5. The Labute approximate surface area is 124 Å². The first-order chi connectivity index (χ1) is 9.23. The van der Waals surface area contributed by atoms with E-state index in [-0.39, 0.29) is 23.7 Å². The maximum atomic E-state index is 12.3. The van der Waals surface area contributed by atoms with Crippen LogP contribution in [0.15, 0.2) is 12.3 Å². The molecule has 1 atom stereocenters. The molecule has 0 bridgehead atoms. The number of aromatic nitrogens is 1. The predicted molar refractivity (Wildman–Crippen MR) is 77.8 cm³/mol. The molecule has 5 nitrogen and oxygen atoms in total. The third kappa shape index (κ3) is 4.00. The van der Waals surface area contributed by atoms with Crippen molar-refractivity contribution >= 4 is 23.5 Å². The van der Waals surface area contributed by atoms with E-state index in [2.05, 4.69) is 4.98 Å². The van der Waals surface area contributed by atoms with Gasteiger partial charge < -0.3 is 14.6 Å². The number of ether oxygens (including phenoxy) is 1. The smallest absolute Gasteiger partial charge is 0.355 e. The normalized spacial score (nSPS) is 12.6. The highest BCUT2D eigenvalue weighted by molar-refractivity contribution is 6.30. The van der Waals surface area contributed by atoms with Gasteiger partial charge in [0.1, 0.15) is 5.69 Å². The number of amides is 1. The fraction of sp³-hybridized carbons (Fsp3) is 0.571. The molecule has 1 amide bonds. The summed E-state index contributed by atoms with van der Waals surface area (Å²) in [4.78, 5) is 28.5. The van der Waals surface area contributed by atoms with Crippen molar-refractivity contribution in [2.45, 2.75) is 52.8 Å². The highest BCUT2D eigenvalue weighted by Gasteiger charge is 2.28. The Morgan fingerprint density at radius 2 is 1.75 bits per heavy atom. The molecule has 0 saturated carbocycles. The molecular weight excluding hydrogens is 280 g/mol. The lowest BCUT2D eigenvalue weighted by molar-refractivity contribution is -0.143. The molecule has 0 saturated heterocycles. The number of aromatic amines is 1. The molecule has 0 unspecified atom stereocenters. The van der Waals surface area contributed by atoms with Crippen molar-refractivity contribution < 1.29 is 14.3 Å². The molecule has 20 heavy (non-hydrogen) atoms. The Hall–Kier alpha value is -1.49. The number of hydrogen-bond donors (Lipinski definition) is 1. The van der Waals surface area contributed by atoms with Crippen LogP contribution in [-0.4, -0.2) is 39.9 Å². The van der Waals surface area contributed by atoms with E-state index in [1.807, 2.05) is 27.7 Å². The van der Waals surface area contributed by atoms with Crippen LogP contribution in [0, 0.1) is 0 Å². The molecule has 0 aromatic carbocycles. The van der Waals surface area contributed by atoms with Gasteiger partial charge in [0.25, 0.3) is 5.91 Å². The van der Waals surface area contributed by atoms with Gasteiger partial charge in [-0.1, -0.05) is 11.6 Å². The molecule has 0 radical (unpaired) electrons. The van der Waals surface area contributed by atoms with Crippen molar-refractivity contribution in [1.82, 2.24) is 9.88 Å². The Balaban J connectivity index is 2.72. The molecule has 6 heteroatoms. The van der Waals surface area contributed by atoms with Gasteiger partial charge in [-0.3, -0.25) is 4.79 Å². The number of esters is 1. The highest BCUT2D eigenvalue weighted by atomic mass is 35.5. The number of carbonyl (C=O) groups is 2. The van der Waals surface area contributed by atoms with Crippen LogP contribution in [-0.2, 0) is 9.53 Å². The van der Waals surface area contributed by atoms with Gasteiger partial charge in [-0.15, -0.1) is 0 Å². The van der Waals surface area contributed by atoms with Gasteiger partial charge in [-0.2, -0.15) is 0 Å². The summed E-state index contributed by atoms with van der Waals surface area (Å²) in [5, 5.41) is 0.418. The molecule has 1 aromatic heterocycles. The molecule has 0 fully saturated rings. The predicted octanol–water partition coefficient (Wildman–Crippen LogP) is 2.86. The van der Waals surface area contributed by atoms with Gasteiger partial charge in [0.15, 0.2) is 6.10 Å². The largest absolute Gasteiger partial charge is 0.448 e. The maximum absolute atomic E-state index is 12.3. The van der Waals surface area contributed by atoms with E-state index in [0.717, 1.165) is 0 Å². The van der Waals surface area contributed by atoms with Crippen molar-refractivity contribution in [3.05, 3.63) is 23.0 Å². The van der Waals surface area contributed by atoms with Gasteiger partial charge in [0, 0.05) is 18.3 Å². The second kappa shape index (κ2) is 6.79. The quantitative estimate of drug-likeness (QED) is 0.851. The Morgan fingerprint density at radius 1 is 1.20 bits per heavy atom. The average Bonchev–Trinajstić information content (AvgIpc) is 2.74. The van der Waals surface area contributed by atoms with Crippen LogP contribution >= 0.6 is 11.6 Å². The molecule has 0 aliphatic carbocycles. The lowest BCUT2D eigenvalue weighted by atomic mass is 10.2. The number of halogens is 1. The summed E-state index contributed by atoms with van der Waals surface area (Å²) in [6.45, 7) is 9.28. The van der Waals surface area contributed by atoms with Crippen molar-refractivity contribution in [2.24, 2.45) is 0 Å². The first-order valence-corrected chi connectivity index (χ1v) is 6.99. The minimum absolute atomic E-state index is 0.0450. The molecule has 0 aliphatic rings. The van der Waals surface area contributed by atoms with E-state index < -0.39 is 12.1 Å². The second-order valence-electron chi connectivity index (χ2n) is 5.21. The standard InChI is InChI=1S/C14H21ClN2O3/c1-8(2)17(9(3)4)13(18)10(5)20-14(19)12-6-11(15)7-16-12/h6-10,16H,1-5H3/t10-/m0/s1. The zero-order chi connectivity index (χ0) is 15.4. The molecule has 112 valence electrons. The van der Waals surface area contributed by atoms with E-state index in [4.69, 9.17) is 16.3 Å². The molecular formula is C14H21ClN2O3. The van der Waals surface area contributed by atoms with E-state index in [1.54, 1.807) is 11.8 Å². The summed E-state index contributed by atoms with van der Waals surface area (Å²) >= 11 is 5.72. The van der Waals surface area contributed by atoms with E-state index >= 15 is 0 Å². The number of H-pyrrole nitrogens is 1. The lowest BCUT2D eigenvalue weighted by Gasteiger charge is -2.32. The summed E-state index contributed by atoms with van der Waals surface area (Å²) in [6, 6.07) is 1.55. The molecule has 1 aromatic rings. The molecule has 0 aliphatic heterocycles. The van der Waals surface area contributed by atoms with Crippen LogP contribution in [0.3, 0.4) is 0 Å². The average molecular weight is 301 g/mol. The Bertz CT molecular complexity index is 475. The topological polar surface area (TPSA) is 62.4 Å². The van der Waals surface area contributed by atoms with Crippen LogP contribution in [0.4, 0.5) is 0 Å². The lowest BCUT2D eigenvalue weighted by Crippen LogP contribution is -2.47. The fourth-order valence-electron chi connectivity index (χ4n) is 2.08. The van der Waals surface area contributed by atoms with Crippen molar-refractivity contribution in [1.29, 1.82) is 0 Å². The van der Waals surface area contributed by atoms with Crippen molar-refractivity contribution in [3.8, 4) is 0 Å². The first-order valence-electron chi connectivity index (χ1n) is 6.61. The van der Waals surface area contributed by atoms with Crippen molar-refractivity contribution in [3.63, 3.8) is 0 Å². The highest BCUT2D eigenvalue weighted by Crippen LogP contribution is 2.13. The number of nitrogens with zero attached hydrogens (tertiary/aromatic N) is 1. The van der Waals surface area contributed by atoms with Gasteiger partial charge in [0.05, 0.1) is 5.02 Å². The van der Waals surface area contributed by atoms with Crippen LogP contribution in [0.2, 0.25) is 5.02 Å². The second-order valence-corrected chi connectivity index (χ2v) is 5.65. The molecule has 1 rings (SSSR count). The van der Waals surface area contributed by atoms with Crippen LogP contribution in [0.5, 0.6) is 0 Å². The van der Waals surface area contributed by atoms with E-state index in [9.17, 15) is 9.59 Å². The summed E-state index contributed by atoms with van der Waals surface area (Å²) < 4.78 is 5.17. The zero-order valence-corrected chi connectivity index (χ0v) is 13.2. The monoisotopic (exact) mass is 300 g/mol. The van der Waals surface area contributed by atoms with Crippen LogP contribution in [0.25, 0.3) is 0 Å². The Kier molecular flexibility index (Phi) is 5.62. The Morgan fingerprint density at radius 3 is 2.15 bits per heavy atom. The minimum Gasteiger partial charge on any atom is -0.448 e. The summed E-state index contributed by atoms with van der Waals surface area (Å²) in [6.07, 6.45) is 0.647. The number of nitrogens with one attached hydrogen (secondary N) is 1. The molecule has 1 N–H and O–H groups in total.